The largest absolute Gasteiger partial charge is 0.497 e. The second-order valence-electron chi connectivity index (χ2n) is 14.8. The minimum absolute atomic E-state index is 0.191. The van der Waals surface area contributed by atoms with Crippen molar-refractivity contribution in [3.63, 3.8) is 0 Å². The van der Waals surface area contributed by atoms with Gasteiger partial charge in [-0.15, -0.1) is 0 Å². The van der Waals surface area contributed by atoms with Gasteiger partial charge in [-0.25, -0.2) is 0 Å². The average molecular weight is 723 g/mol. The first-order chi connectivity index (χ1) is 26.4. The van der Waals surface area contributed by atoms with Gasteiger partial charge in [0.15, 0.2) is 0 Å². The Morgan fingerprint density at radius 1 is 0.463 bits per heavy atom. The molecule has 54 heavy (non-hydrogen) atoms. The number of benzene rings is 6. The van der Waals surface area contributed by atoms with Gasteiger partial charge in [-0.1, -0.05) is 95.0 Å². The van der Waals surface area contributed by atoms with Gasteiger partial charge in [0, 0.05) is 52.2 Å². The molecule has 276 valence electrons. The van der Waals surface area contributed by atoms with Crippen LogP contribution in [0.1, 0.15) is 118 Å². The zero-order chi connectivity index (χ0) is 37.5. The van der Waals surface area contributed by atoms with E-state index in [0.717, 1.165) is 57.1 Å². The summed E-state index contributed by atoms with van der Waals surface area (Å²) in [7, 11) is 3.18. The number of unbranched alkanes of at least 4 members (excludes halogenated alkanes) is 9. The van der Waals surface area contributed by atoms with Gasteiger partial charge in [-0.3, -0.25) is 29.0 Å². The van der Waals surface area contributed by atoms with Crippen LogP contribution in [-0.4, -0.2) is 60.7 Å². The smallest absolute Gasteiger partial charge is 0.261 e. The van der Waals surface area contributed by atoms with E-state index in [-0.39, 0.29) is 30.2 Å². The first-order valence-corrected chi connectivity index (χ1v) is 19.5. The lowest BCUT2D eigenvalue weighted by Crippen LogP contribution is -2.41. The lowest BCUT2D eigenvalue weighted by atomic mass is 9.82. The van der Waals surface area contributed by atoms with Crippen molar-refractivity contribution >= 4 is 66.7 Å². The molecular formula is C46H46N2O6. The fourth-order valence-electron chi connectivity index (χ4n) is 8.82. The molecular weight excluding hydrogens is 677 g/mol. The van der Waals surface area contributed by atoms with E-state index in [9.17, 15) is 19.2 Å². The van der Waals surface area contributed by atoms with E-state index in [1.807, 2.05) is 60.7 Å². The van der Waals surface area contributed by atoms with Crippen molar-refractivity contribution in [3.05, 3.63) is 94.5 Å². The number of amides is 4. The quantitative estimate of drug-likeness (QED) is 0.0427. The molecule has 0 bridgehead atoms. The van der Waals surface area contributed by atoms with E-state index in [2.05, 4.69) is 6.92 Å². The summed E-state index contributed by atoms with van der Waals surface area (Å²) >= 11 is 0. The molecule has 6 aromatic carbocycles. The van der Waals surface area contributed by atoms with Gasteiger partial charge >= 0.3 is 0 Å². The van der Waals surface area contributed by atoms with Crippen LogP contribution in [0.5, 0.6) is 11.5 Å². The van der Waals surface area contributed by atoms with Gasteiger partial charge in [0.1, 0.15) is 11.5 Å². The first kappa shape index (κ1) is 35.5. The molecule has 2 aliphatic rings. The Balaban J connectivity index is 1.08. The molecule has 4 amide bonds. The van der Waals surface area contributed by atoms with Crippen LogP contribution in [0.4, 0.5) is 0 Å². The number of ether oxygens (including phenoxy) is 2. The maximum atomic E-state index is 14.1. The molecule has 8 heteroatoms. The third-order valence-corrected chi connectivity index (χ3v) is 11.6. The van der Waals surface area contributed by atoms with E-state index in [4.69, 9.17) is 9.47 Å². The summed E-state index contributed by atoms with van der Waals surface area (Å²) in [4.78, 5) is 58.7. The van der Waals surface area contributed by atoms with Gasteiger partial charge in [-0.05, 0) is 81.1 Å². The second kappa shape index (κ2) is 14.7. The molecule has 0 saturated heterocycles. The Bertz CT molecular complexity index is 2350. The molecule has 0 saturated carbocycles. The van der Waals surface area contributed by atoms with E-state index >= 15 is 0 Å². The molecule has 0 aliphatic carbocycles. The summed E-state index contributed by atoms with van der Waals surface area (Å²) < 4.78 is 10.9. The fraction of sp³-hybridized carbons (Fsp3) is 0.348. The maximum Gasteiger partial charge on any atom is 0.261 e. The lowest BCUT2D eigenvalue weighted by molar-refractivity contribution is 0.0594. The molecule has 0 aromatic heterocycles. The predicted octanol–water partition coefficient (Wildman–Crippen LogP) is 10.1. The number of hydrogen-bond donors (Lipinski definition) is 0. The van der Waals surface area contributed by atoms with Gasteiger partial charge in [0.25, 0.3) is 23.6 Å². The highest BCUT2D eigenvalue weighted by atomic mass is 16.5. The monoisotopic (exact) mass is 722 g/mol. The minimum Gasteiger partial charge on any atom is -0.497 e. The molecule has 0 atom stereocenters. The highest BCUT2D eigenvalue weighted by Gasteiger charge is 2.36. The van der Waals surface area contributed by atoms with Crippen LogP contribution >= 0.6 is 0 Å². The van der Waals surface area contributed by atoms with Gasteiger partial charge in [0.05, 0.1) is 14.2 Å². The zero-order valence-corrected chi connectivity index (χ0v) is 31.4. The van der Waals surface area contributed by atoms with Crippen LogP contribution in [0.25, 0.3) is 43.1 Å². The summed E-state index contributed by atoms with van der Waals surface area (Å²) in [6, 6.07) is 20.6. The zero-order valence-electron chi connectivity index (χ0n) is 31.4. The van der Waals surface area contributed by atoms with Crippen molar-refractivity contribution in [1.29, 1.82) is 0 Å². The summed E-state index contributed by atoms with van der Waals surface area (Å²) in [5, 5.41) is 6.58. The molecule has 0 unspecified atom stereocenters. The molecule has 0 fully saturated rings. The van der Waals surface area contributed by atoms with Crippen molar-refractivity contribution in [3.8, 4) is 11.5 Å². The highest BCUT2D eigenvalue weighted by molar-refractivity contribution is 6.41. The lowest BCUT2D eigenvalue weighted by Gasteiger charge is -2.30. The minimum atomic E-state index is -0.335. The summed E-state index contributed by atoms with van der Waals surface area (Å²) in [6.45, 7) is 2.84. The standard InChI is InChI=1S/C46H46N2O6/c1-4-5-6-7-8-9-10-11-12-13-25-47-43(49)34-20-16-30-32-18-22-36-42-37(23-19-33(40(32)42)31-17-21-35(44(47)50)41(34)39(30)31)46(52)48(45(36)51)26-24-28-14-15-29(53-2)27-38(28)54-3/h14-23,27H,4-13,24-26H2,1-3H3. The number of fused-ring (bicyclic) bond motifs is 2. The van der Waals surface area contributed by atoms with Crippen molar-refractivity contribution in [2.75, 3.05) is 27.3 Å². The molecule has 8 nitrogen and oxygen atoms in total. The molecule has 0 N–H and O–H groups in total. The number of carbonyl (C=O) groups excluding carboxylic acids is 4. The van der Waals surface area contributed by atoms with Gasteiger partial charge < -0.3 is 9.47 Å². The Kier molecular flexibility index (Phi) is 9.69. The number of methoxy groups -OCH3 is 2. The van der Waals surface area contributed by atoms with E-state index in [1.54, 1.807) is 20.3 Å². The van der Waals surface area contributed by atoms with Crippen molar-refractivity contribution in [2.24, 2.45) is 0 Å². The third kappa shape index (κ3) is 5.83. The summed E-state index contributed by atoms with van der Waals surface area (Å²) in [6.07, 6.45) is 12.3. The van der Waals surface area contributed by atoms with Crippen LogP contribution in [0.2, 0.25) is 0 Å². The van der Waals surface area contributed by atoms with E-state index in [1.165, 1.54) is 54.7 Å². The van der Waals surface area contributed by atoms with Crippen LogP contribution in [0.15, 0.2) is 66.7 Å². The number of hydrogen-bond acceptors (Lipinski definition) is 6. The summed E-state index contributed by atoms with van der Waals surface area (Å²) in [5.41, 5.74) is 2.91. The maximum absolute atomic E-state index is 14.1. The van der Waals surface area contributed by atoms with E-state index in [0.29, 0.717) is 57.5 Å². The number of rotatable bonds is 16. The first-order valence-electron chi connectivity index (χ1n) is 19.5. The average Bonchev–Trinajstić information content (AvgIpc) is 3.20. The molecule has 2 heterocycles. The number of carbonyl (C=O) groups is 4. The Morgan fingerprint density at radius 2 is 0.889 bits per heavy atom. The Morgan fingerprint density at radius 3 is 1.31 bits per heavy atom. The van der Waals surface area contributed by atoms with Crippen LogP contribution in [0, 0.1) is 0 Å². The van der Waals surface area contributed by atoms with Crippen LogP contribution in [-0.2, 0) is 6.42 Å². The molecule has 8 rings (SSSR count). The highest BCUT2D eigenvalue weighted by Crippen LogP contribution is 2.46. The molecule has 2 aliphatic heterocycles. The molecule has 0 radical (unpaired) electrons. The SMILES string of the molecule is CCCCCCCCCCCCN1C(=O)c2ccc3c4ccc5c6c(ccc(c7ccc(c2c37)C1=O)c64)C(=O)N(CCc1ccc(OC)cc1OC)C5=O. The van der Waals surface area contributed by atoms with Gasteiger partial charge in [-0.2, -0.15) is 0 Å². The van der Waals surface area contributed by atoms with E-state index < -0.39 is 0 Å². The van der Waals surface area contributed by atoms with Crippen LogP contribution < -0.4 is 9.47 Å². The third-order valence-electron chi connectivity index (χ3n) is 11.6. The second-order valence-corrected chi connectivity index (χ2v) is 14.8. The fourth-order valence-corrected chi connectivity index (χ4v) is 8.82. The number of nitrogens with zero attached hydrogens (tertiary/aromatic N) is 2. The Hall–Kier alpha value is -5.50. The Labute approximate surface area is 315 Å². The topological polar surface area (TPSA) is 93.2 Å². The molecule has 6 aromatic rings. The van der Waals surface area contributed by atoms with Crippen molar-refractivity contribution in [1.82, 2.24) is 9.80 Å². The summed E-state index contributed by atoms with van der Waals surface area (Å²) in [5.74, 6) is 0.139. The van der Waals surface area contributed by atoms with Gasteiger partial charge in [0.2, 0.25) is 0 Å². The van der Waals surface area contributed by atoms with Crippen molar-refractivity contribution < 1.29 is 28.7 Å². The molecule has 0 spiro atoms. The normalized spacial score (nSPS) is 14.1. The van der Waals surface area contributed by atoms with Crippen molar-refractivity contribution in [2.45, 2.75) is 77.6 Å². The predicted molar refractivity (Wildman–Crippen MR) is 213 cm³/mol. The van der Waals surface area contributed by atoms with Crippen LogP contribution in [0.3, 0.4) is 0 Å². The number of imide groups is 2.